The lowest BCUT2D eigenvalue weighted by Crippen LogP contribution is -2.06. The summed E-state index contributed by atoms with van der Waals surface area (Å²) in [5.74, 6) is 1.46. The van der Waals surface area contributed by atoms with E-state index in [4.69, 9.17) is 0 Å². The molecule has 0 saturated carbocycles. The molecule has 21 heavy (non-hydrogen) atoms. The molecule has 7 nitrogen and oxygen atoms in total. The molecule has 0 saturated heterocycles. The van der Waals surface area contributed by atoms with Gasteiger partial charge in [-0.1, -0.05) is 6.07 Å². The first kappa shape index (κ1) is 12.0. The van der Waals surface area contributed by atoms with Crippen LogP contribution in [-0.4, -0.2) is 30.8 Å². The number of aromatic nitrogens is 5. The Bertz CT molecular complexity index is 807. The maximum Gasteiger partial charge on any atom is 0.254 e. The molecule has 4 rings (SSSR count). The summed E-state index contributed by atoms with van der Waals surface area (Å²) < 4.78 is 1.70. The van der Waals surface area contributed by atoms with E-state index in [2.05, 4.69) is 30.6 Å². The quantitative estimate of drug-likeness (QED) is 0.580. The Morgan fingerprint density at radius 3 is 3.24 bits per heavy atom. The molecule has 1 aliphatic rings. The van der Waals surface area contributed by atoms with Crippen LogP contribution in [0.5, 0.6) is 0 Å². The summed E-state index contributed by atoms with van der Waals surface area (Å²) in [6.45, 7) is 0. The molecule has 0 unspecified atom stereocenters. The summed E-state index contributed by atoms with van der Waals surface area (Å²) in [7, 11) is 0. The van der Waals surface area contributed by atoms with Gasteiger partial charge in [0.05, 0.1) is 11.9 Å². The fourth-order valence-corrected chi connectivity index (χ4v) is 2.56. The van der Waals surface area contributed by atoms with Crippen LogP contribution in [0.2, 0.25) is 0 Å². The number of nitrogens with zero attached hydrogens (tertiary/aromatic N) is 6. The fraction of sp³-hybridized carbons (Fsp3) is 0.214. The van der Waals surface area contributed by atoms with E-state index in [0.29, 0.717) is 5.78 Å². The Labute approximate surface area is 120 Å². The van der Waals surface area contributed by atoms with Gasteiger partial charge in [-0.3, -0.25) is 10.4 Å². The molecule has 0 bridgehead atoms. The molecule has 3 aromatic rings. The van der Waals surface area contributed by atoms with Crippen molar-refractivity contribution in [1.29, 1.82) is 0 Å². The van der Waals surface area contributed by atoms with E-state index < -0.39 is 0 Å². The number of nitrogens with one attached hydrogen (secondary N) is 1. The first-order valence-electron chi connectivity index (χ1n) is 6.82. The van der Waals surface area contributed by atoms with Crippen molar-refractivity contribution in [3.63, 3.8) is 0 Å². The summed E-state index contributed by atoms with van der Waals surface area (Å²) in [5.41, 5.74) is 6.29. The number of aryl methyl sites for hydroxylation is 1. The van der Waals surface area contributed by atoms with E-state index in [9.17, 15) is 0 Å². The first-order valence-corrected chi connectivity index (χ1v) is 6.82. The highest BCUT2D eigenvalue weighted by atomic mass is 15.4. The van der Waals surface area contributed by atoms with Gasteiger partial charge in [0.25, 0.3) is 5.78 Å². The standard InChI is InChI=1S/C14H13N7/c1-4-11-12(5-1)19-14-16-9-18-21(14)13(11)20-17-8-10-3-2-6-15-7-10/h2-3,6-9,20H,1,4-5H2/b17-8+. The van der Waals surface area contributed by atoms with Crippen molar-refractivity contribution in [2.45, 2.75) is 19.3 Å². The third-order valence-electron chi connectivity index (χ3n) is 3.52. The van der Waals surface area contributed by atoms with Crippen LogP contribution in [-0.2, 0) is 12.8 Å². The molecule has 0 atom stereocenters. The summed E-state index contributed by atoms with van der Waals surface area (Å²) in [6.07, 6.45) is 9.82. The summed E-state index contributed by atoms with van der Waals surface area (Å²) >= 11 is 0. The minimum atomic E-state index is 0.606. The largest absolute Gasteiger partial charge is 0.264 e. The van der Waals surface area contributed by atoms with Gasteiger partial charge in [0, 0.05) is 23.5 Å². The molecule has 0 fully saturated rings. The molecule has 0 spiro atoms. The number of hydrazone groups is 1. The molecule has 1 aliphatic carbocycles. The SMILES string of the molecule is C(=N\Nc1c2c(nc3ncnn13)CCC2)/c1cccnc1. The molecule has 3 aromatic heterocycles. The highest BCUT2D eigenvalue weighted by Crippen LogP contribution is 2.27. The molecule has 7 heteroatoms. The van der Waals surface area contributed by atoms with E-state index >= 15 is 0 Å². The van der Waals surface area contributed by atoms with E-state index in [0.717, 1.165) is 36.3 Å². The molecule has 0 aliphatic heterocycles. The normalized spacial score (nSPS) is 13.9. The maximum absolute atomic E-state index is 4.53. The Morgan fingerprint density at radius 2 is 2.33 bits per heavy atom. The summed E-state index contributed by atoms with van der Waals surface area (Å²) in [4.78, 5) is 12.7. The number of pyridine rings is 1. The summed E-state index contributed by atoms with van der Waals surface area (Å²) in [6, 6.07) is 3.82. The smallest absolute Gasteiger partial charge is 0.254 e. The van der Waals surface area contributed by atoms with E-state index in [1.165, 1.54) is 11.9 Å². The van der Waals surface area contributed by atoms with Gasteiger partial charge in [-0.05, 0) is 25.3 Å². The zero-order chi connectivity index (χ0) is 14.1. The second-order valence-electron chi connectivity index (χ2n) is 4.87. The lowest BCUT2D eigenvalue weighted by atomic mass is 10.2. The van der Waals surface area contributed by atoms with Crippen LogP contribution in [0.15, 0.2) is 36.0 Å². The average Bonchev–Trinajstić information content (AvgIpc) is 3.16. The Hall–Kier alpha value is -2.83. The fourth-order valence-electron chi connectivity index (χ4n) is 2.56. The van der Waals surface area contributed by atoms with Gasteiger partial charge in [-0.25, -0.2) is 4.98 Å². The minimum absolute atomic E-state index is 0.606. The molecular weight excluding hydrogens is 266 g/mol. The number of fused-ring (bicyclic) bond motifs is 2. The van der Waals surface area contributed by atoms with Crippen molar-refractivity contribution in [2.75, 3.05) is 5.43 Å². The van der Waals surface area contributed by atoms with Gasteiger partial charge < -0.3 is 0 Å². The van der Waals surface area contributed by atoms with Crippen molar-refractivity contribution in [1.82, 2.24) is 24.6 Å². The van der Waals surface area contributed by atoms with Gasteiger partial charge in [0.15, 0.2) is 5.82 Å². The minimum Gasteiger partial charge on any atom is -0.264 e. The number of hydrogen-bond donors (Lipinski definition) is 1. The van der Waals surface area contributed by atoms with E-state index in [1.807, 2.05) is 12.1 Å². The van der Waals surface area contributed by atoms with Crippen LogP contribution in [0.3, 0.4) is 0 Å². The molecule has 1 N–H and O–H groups in total. The second kappa shape index (κ2) is 4.93. The zero-order valence-electron chi connectivity index (χ0n) is 11.3. The lowest BCUT2D eigenvalue weighted by Gasteiger charge is -2.08. The first-order chi connectivity index (χ1) is 10.4. The third kappa shape index (κ3) is 2.12. The van der Waals surface area contributed by atoms with Crippen molar-refractivity contribution >= 4 is 17.8 Å². The predicted molar refractivity (Wildman–Crippen MR) is 78.3 cm³/mol. The molecule has 0 radical (unpaired) electrons. The van der Waals surface area contributed by atoms with E-state index in [-0.39, 0.29) is 0 Å². The van der Waals surface area contributed by atoms with Crippen molar-refractivity contribution in [3.05, 3.63) is 47.7 Å². The number of rotatable bonds is 3. The molecule has 104 valence electrons. The van der Waals surface area contributed by atoms with Crippen LogP contribution >= 0.6 is 0 Å². The molecule has 0 aromatic carbocycles. The van der Waals surface area contributed by atoms with Crippen LogP contribution in [0.1, 0.15) is 23.2 Å². The lowest BCUT2D eigenvalue weighted by molar-refractivity contribution is 0.900. The molecule has 3 heterocycles. The van der Waals surface area contributed by atoms with Crippen molar-refractivity contribution < 1.29 is 0 Å². The van der Waals surface area contributed by atoms with Crippen LogP contribution in [0, 0.1) is 0 Å². The Kier molecular flexibility index (Phi) is 2.81. The molecular formula is C14H13N7. The predicted octanol–water partition coefficient (Wildman–Crippen LogP) is 1.45. The molecule has 0 amide bonds. The van der Waals surface area contributed by atoms with Gasteiger partial charge >= 0.3 is 0 Å². The van der Waals surface area contributed by atoms with Crippen LogP contribution in [0.25, 0.3) is 5.78 Å². The number of hydrogen-bond acceptors (Lipinski definition) is 6. The second-order valence-corrected chi connectivity index (χ2v) is 4.87. The third-order valence-corrected chi connectivity index (χ3v) is 3.52. The number of anilines is 1. The van der Waals surface area contributed by atoms with Gasteiger partial charge in [-0.15, -0.1) is 0 Å². The monoisotopic (exact) mass is 279 g/mol. The Balaban J connectivity index is 1.70. The van der Waals surface area contributed by atoms with Gasteiger partial charge in [0.2, 0.25) is 0 Å². The Morgan fingerprint density at radius 1 is 1.33 bits per heavy atom. The van der Waals surface area contributed by atoms with Crippen molar-refractivity contribution in [3.8, 4) is 0 Å². The highest BCUT2D eigenvalue weighted by molar-refractivity contribution is 5.79. The van der Waals surface area contributed by atoms with Crippen molar-refractivity contribution in [2.24, 2.45) is 5.10 Å². The van der Waals surface area contributed by atoms with Crippen LogP contribution in [0.4, 0.5) is 5.82 Å². The maximum atomic E-state index is 4.53. The average molecular weight is 279 g/mol. The highest BCUT2D eigenvalue weighted by Gasteiger charge is 2.20. The van der Waals surface area contributed by atoms with Crippen LogP contribution < -0.4 is 5.43 Å². The van der Waals surface area contributed by atoms with Gasteiger partial charge in [-0.2, -0.15) is 19.7 Å². The van der Waals surface area contributed by atoms with E-state index in [1.54, 1.807) is 23.1 Å². The zero-order valence-corrected chi connectivity index (χ0v) is 11.3. The summed E-state index contributed by atoms with van der Waals surface area (Å²) in [5, 5.41) is 8.50. The topological polar surface area (TPSA) is 80.4 Å². The van der Waals surface area contributed by atoms with Gasteiger partial charge in [0.1, 0.15) is 6.33 Å².